The summed E-state index contributed by atoms with van der Waals surface area (Å²) in [7, 11) is -3.34. The molecule has 2 aromatic rings. The molecule has 1 aliphatic rings. The van der Waals surface area contributed by atoms with Crippen molar-refractivity contribution in [2.24, 2.45) is 0 Å². The Balaban J connectivity index is 1.72. The Bertz CT molecular complexity index is 955. The number of hydrogen-bond acceptors (Lipinski definition) is 4. The van der Waals surface area contributed by atoms with E-state index in [1.54, 1.807) is 6.07 Å². The van der Waals surface area contributed by atoms with Gasteiger partial charge in [-0.1, -0.05) is 25.1 Å². The zero-order valence-electron chi connectivity index (χ0n) is 17.0. The Hall–Kier alpha value is -2.54. The van der Waals surface area contributed by atoms with E-state index in [1.165, 1.54) is 4.31 Å². The predicted octanol–water partition coefficient (Wildman–Crippen LogP) is 3.76. The number of sulfonamides is 1. The minimum Gasteiger partial charge on any atom is -0.494 e. The van der Waals surface area contributed by atoms with Crippen LogP contribution in [0, 0.1) is 0 Å². The van der Waals surface area contributed by atoms with Gasteiger partial charge in [-0.15, -0.1) is 0 Å². The molecule has 156 valence electrons. The zero-order valence-corrected chi connectivity index (χ0v) is 17.8. The third kappa shape index (κ3) is 5.29. The van der Waals surface area contributed by atoms with Crippen molar-refractivity contribution in [1.82, 2.24) is 0 Å². The summed E-state index contributed by atoms with van der Waals surface area (Å²) < 4.78 is 32.2. The highest BCUT2D eigenvalue weighted by Crippen LogP contribution is 2.32. The summed E-state index contributed by atoms with van der Waals surface area (Å²) in [6.07, 6.45) is 2.46. The van der Waals surface area contributed by atoms with Gasteiger partial charge in [0, 0.05) is 12.2 Å². The Morgan fingerprint density at radius 3 is 2.59 bits per heavy atom. The average molecular weight is 417 g/mol. The number of carbonyl (C=O) groups excluding carboxylic acids is 1. The second-order valence-electron chi connectivity index (χ2n) is 7.14. The average Bonchev–Trinajstić information content (AvgIpc) is 2.69. The van der Waals surface area contributed by atoms with Crippen molar-refractivity contribution in [2.75, 3.05) is 28.5 Å². The van der Waals surface area contributed by atoms with Gasteiger partial charge in [0.1, 0.15) is 5.75 Å². The van der Waals surface area contributed by atoms with E-state index >= 15 is 0 Å². The molecular weight excluding hydrogens is 388 g/mol. The molecule has 7 heteroatoms. The summed E-state index contributed by atoms with van der Waals surface area (Å²) in [6.45, 7) is 4.87. The van der Waals surface area contributed by atoms with Crippen LogP contribution in [-0.2, 0) is 27.7 Å². The molecule has 0 atom stereocenters. The molecule has 0 bridgehead atoms. The second-order valence-corrected chi connectivity index (χ2v) is 9.15. The minimum atomic E-state index is -3.34. The van der Waals surface area contributed by atoms with Gasteiger partial charge >= 0.3 is 0 Å². The monoisotopic (exact) mass is 416 g/mol. The first kappa shape index (κ1) is 21.2. The van der Waals surface area contributed by atoms with Crippen molar-refractivity contribution >= 4 is 27.3 Å². The van der Waals surface area contributed by atoms with E-state index < -0.39 is 10.0 Å². The summed E-state index contributed by atoms with van der Waals surface area (Å²) in [4.78, 5) is 12.5. The van der Waals surface area contributed by atoms with Gasteiger partial charge in [-0.25, -0.2) is 8.42 Å². The lowest BCUT2D eigenvalue weighted by Gasteiger charge is -2.31. The molecule has 3 rings (SSSR count). The maximum absolute atomic E-state index is 12.6. The molecule has 1 heterocycles. The van der Waals surface area contributed by atoms with E-state index in [-0.39, 0.29) is 18.1 Å². The first-order valence-electron chi connectivity index (χ1n) is 10.1. The second kappa shape index (κ2) is 9.31. The first-order chi connectivity index (χ1) is 13.9. The first-order valence-corrected chi connectivity index (χ1v) is 11.7. The zero-order chi connectivity index (χ0) is 20.9. The summed E-state index contributed by atoms with van der Waals surface area (Å²) in [5, 5.41) is 2.89. The number of rotatable bonds is 8. The van der Waals surface area contributed by atoms with E-state index in [0.717, 1.165) is 29.7 Å². The van der Waals surface area contributed by atoms with Gasteiger partial charge in [-0.2, -0.15) is 0 Å². The van der Waals surface area contributed by atoms with Crippen molar-refractivity contribution in [1.29, 1.82) is 0 Å². The van der Waals surface area contributed by atoms with Gasteiger partial charge in [-0.3, -0.25) is 9.10 Å². The third-order valence-corrected chi connectivity index (χ3v) is 6.82. The molecule has 0 aromatic heterocycles. The summed E-state index contributed by atoms with van der Waals surface area (Å²) in [5.74, 6) is 0.758. The van der Waals surface area contributed by atoms with Crippen molar-refractivity contribution < 1.29 is 17.9 Å². The van der Waals surface area contributed by atoms with Crippen molar-refractivity contribution in [3.8, 4) is 5.75 Å². The normalized spacial score (nSPS) is 13.7. The van der Waals surface area contributed by atoms with E-state index in [9.17, 15) is 13.2 Å². The quantitative estimate of drug-likeness (QED) is 0.711. The molecule has 1 amide bonds. The van der Waals surface area contributed by atoms with Crippen LogP contribution in [0.25, 0.3) is 0 Å². The van der Waals surface area contributed by atoms with Crippen molar-refractivity contribution in [3.63, 3.8) is 0 Å². The molecule has 0 aliphatic carbocycles. The van der Waals surface area contributed by atoms with Crippen LogP contribution in [0.5, 0.6) is 5.75 Å². The molecule has 1 aliphatic heterocycles. The van der Waals surface area contributed by atoms with Gasteiger partial charge in [0.25, 0.3) is 0 Å². The van der Waals surface area contributed by atoms with Crippen LogP contribution in [0.4, 0.5) is 11.4 Å². The molecule has 29 heavy (non-hydrogen) atoms. The minimum absolute atomic E-state index is 0.126. The molecule has 0 saturated carbocycles. The van der Waals surface area contributed by atoms with Gasteiger partial charge < -0.3 is 10.1 Å². The molecule has 2 aromatic carbocycles. The van der Waals surface area contributed by atoms with E-state index in [1.807, 2.05) is 50.2 Å². The number of aryl methyl sites for hydroxylation is 1. The number of nitrogens with zero attached hydrogens (tertiary/aromatic N) is 1. The van der Waals surface area contributed by atoms with E-state index in [2.05, 4.69) is 5.32 Å². The standard InChI is InChI=1S/C22H28N2O4S/c1-3-14-29(26,27)24-13-5-6-18-9-10-19(16-21(18)24)23-22(25)15-17-7-11-20(12-8-17)28-4-2/h7-12,16H,3-6,13-15H2,1-2H3,(H,23,25). The lowest BCUT2D eigenvalue weighted by Crippen LogP contribution is -2.37. The molecule has 0 radical (unpaired) electrons. The van der Waals surface area contributed by atoms with Crippen LogP contribution >= 0.6 is 0 Å². The van der Waals surface area contributed by atoms with Crippen molar-refractivity contribution in [3.05, 3.63) is 53.6 Å². The van der Waals surface area contributed by atoms with Crippen LogP contribution in [0.2, 0.25) is 0 Å². The van der Waals surface area contributed by atoms with Gasteiger partial charge in [0.15, 0.2) is 0 Å². The van der Waals surface area contributed by atoms with Gasteiger partial charge in [-0.05, 0) is 61.6 Å². The fourth-order valence-electron chi connectivity index (χ4n) is 3.54. The molecule has 6 nitrogen and oxygen atoms in total. The topological polar surface area (TPSA) is 75.7 Å². The summed E-state index contributed by atoms with van der Waals surface area (Å²) in [6, 6.07) is 13.0. The Kier molecular flexibility index (Phi) is 6.79. The number of amides is 1. The highest BCUT2D eigenvalue weighted by atomic mass is 32.2. The predicted molar refractivity (Wildman–Crippen MR) is 116 cm³/mol. The maximum atomic E-state index is 12.6. The Morgan fingerprint density at radius 2 is 1.90 bits per heavy atom. The van der Waals surface area contributed by atoms with Crippen LogP contribution in [0.3, 0.4) is 0 Å². The van der Waals surface area contributed by atoms with E-state index in [4.69, 9.17) is 4.74 Å². The number of ether oxygens (including phenoxy) is 1. The van der Waals surface area contributed by atoms with Gasteiger partial charge in [0.05, 0.1) is 24.5 Å². The molecule has 0 fully saturated rings. The number of anilines is 2. The van der Waals surface area contributed by atoms with Crippen LogP contribution in [0.1, 0.15) is 37.8 Å². The molecule has 0 unspecified atom stereocenters. The summed E-state index contributed by atoms with van der Waals surface area (Å²) in [5.41, 5.74) is 3.18. The molecule has 1 N–H and O–H groups in total. The maximum Gasteiger partial charge on any atom is 0.235 e. The fourth-order valence-corrected chi connectivity index (χ4v) is 5.15. The summed E-state index contributed by atoms with van der Waals surface area (Å²) >= 11 is 0. The van der Waals surface area contributed by atoms with Crippen LogP contribution in [-0.4, -0.2) is 33.2 Å². The number of fused-ring (bicyclic) bond motifs is 1. The highest BCUT2D eigenvalue weighted by molar-refractivity contribution is 7.92. The Labute approximate surface area is 172 Å². The smallest absolute Gasteiger partial charge is 0.235 e. The van der Waals surface area contributed by atoms with Gasteiger partial charge in [0.2, 0.25) is 15.9 Å². The number of nitrogens with one attached hydrogen (secondary N) is 1. The molecular formula is C22H28N2O4S. The number of carbonyl (C=O) groups is 1. The van der Waals surface area contributed by atoms with Crippen LogP contribution in [0.15, 0.2) is 42.5 Å². The third-order valence-electron chi connectivity index (χ3n) is 4.84. The number of benzene rings is 2. The fraction of sp³-hybridized carbons (Fsp3) is 0.409. The molecule has 0 saturated heterocycles. The SMILES string of the molecule is CCCS(=O)(=O)N1CCCc2ccc(NC(=O)Cc3ccc(OCC)cc3)cc21. The lowest BCUT2D eigenvalue weighted by atomic mass is 10.0. The lowest BCUT2D eigenvalue weighted by molar-refractivity contribution is -0.115. The van der Waals surface area contributed by atoms with Crippen molar-refractivity contribution in [2.45, 2.75) is 39.5 Å². The largest absolute Gasteiger partial charge is 0.494 e. The Morgan fingerprint density at radius 1 is 1.14 bits per heavy atom. The molecule has 0 spiro atoms. The highest BCUT2D eigenvalue weighted by Gasteiger charge is 2.27. The number of hydrogen-bond donors (Lipinski definition) is 1. The van der Waals surface area contributed by atoms with E-state index in [0.29, 0.717) is 30.9 Å². The van der Waals surface area contributed by atoms with Crippen LogP contribution < -0.4 is 14.4 Å².